The molecule has 0 fully saturated rings. The number of benzene rings is 1. The molecule has 88 valence electrons. The highest BCUT2D eigenvalue weighted by Gasteiger charge is 2.07. The van der Waals surface area contributed by atoms with Crippen molar-refractivity contribution in [1.29, 1.82) is 0 Å². The molecule has 1 rings (SSSR count). The first-order valence-electron chi connectivity index (χ1n) is 5.41. The van der Waals surface area contributed by atoms with Gasteiger partial charge in [0.05, 0.1) is 6.61 Å². The van der Waals surface area contributed by atoms with Gasteiger partial charge in [-0.05, 0) is 31.0 Å². The number of hydrogen-bond acceptors (Lipinski definition) is 3. The molecular formula is C12H18N2O2. The second-order valence-corrected chi connectivity index (χ2v) is 3.71. The molecule has 0 bridgehead atoms. The monoisotopic (exact) mass is 222 g/mol. The fourth-order valence-corrected chi connectivity index (χ4v) is 1.47. The third-order valence-electron chi connectivity index (χ3n) is 2.26. The van der Waals surface area contributed by atoms with Gasteiger partial charge in [-0.2, -0.15) is 0 Å². The Hall–Kier alpha value is -1.39. The quantitative estimate of drug-likeness (QED) is 0.670. The Balaban J connectivity index is 2.74. The first-order valence-corrected chi connectivity index (χ1v) is 5.41. The summed E-state index contributed by atoms with van der Waals surface area (Å²) in [5.41, 5.74) is 7.23. The zero-order valence-electron chi connectivity index (χ0n) is 9.44. The van der Waals surface area contributed by atoms with Crippen LogP contribution in [0.5, 0.6) is 0 Å². The summed E-state index contributed by atoms with van der Waals surface area (Å²) in [6.45, 7) is 2.44. The summed E-state index contributed by atoms with van der Waals surface area (Å²) >= 11 is 0. The van der Waals surface area contributed by atoms with Crippen LogP contribution in [0.15, 0.2) is 24.3 Å². The first-order chi connectivity index (χ1) is 7.67. The smallest absolute Gasteiger partial charge is 0.251 e. The predicted molar refractivity (Wildman–Crippen MR) is 63.2 cm³/mol. The molecule has 1 aromatic carbocycles. The standard InChI is InChI=1S/C12H18N2O2/c1-2-14-12(16)10-5-3-4-9(6-10)7-11(13)8-15/h3-6,11,15H,2,7-8,13H2,1H3,(H,14,16). The lowest BCUT2D eigenvalue weighted by Crippen LogP contribution is -2.27. The van der Waals surface area contributed by atoms with Gasteiger partial charge in [-0.15, -0.1) is 0 Å². The average Bonchev–Trinajstić information content (AvgIpc) is 2.29. The van der Waals surface area contributed by atoms with Crippen LogP contribution in [0.25, 0.3) is 0 Å². The summed E-state index contributed by atoms with van der Waals surface area (Å²) in [6.07, 6.45) is 0.573. The van der Waals surface area contributed by atoms with E-state index in [0.717, 1.165) is 5.56 Å². The molecule has 0 spiro atoms. The fraction of sp³-hybridized carbons (Fsp3) is 0.417. The summed E-state index contributed by atoms with van der Waals surface area (Å²) in [4.78, 5) is 11.6. The highest BCUT2D eigenvalue weighted by atomic mass is 16.3. The number of nitrogens with two attached hydrogens (primary N) is 1. The van der Waals surface area contributed by atoms with Gasteiger partial charge < -0.3 is 16.2 Å². The van der Waals surface area contributed by atoms with E-state index in [2.05, 4.69) is 5.32 Å². The Morgan fingerprint density at radius 3 is 2.94 bits per heavy atom. The molecule has 4 N–H and O–H groups in total. The number of rotatable bonds is 5. The van der Waals surface area contributed by atoms with Crippen LogP contribution in [-0.2, 0) is 6.42 Å². The van der Waals surface area contributed by atoms with E-state index in [1.165, 1.54) is 0 Å². The van der Waals surface area contributed by atoms with Crippen LogP contribution in [0.4, 0.5) is 0 Å². The Morgan fingerprint density at radius 2 is 2.31 bits per heavy atom. The van der Waals surface area contributed by atoms with Crippen LogP contribution in [0.3, 0.4) is 0 Å². The van der Waals surface area contributed by atoms with Gasteiger partial charge in [-0.1, -0.05) is 12.1 Å². The van der Waals surface area contributed by atoms with Crippen molar-refractivity contribution in [1.82, 2.24) is 5.32 Å². The molecule has 4 heteroatoms. The summed E-state index contributed by atoms with van der Waals surface area (Å²) in [5.74, 6) is -0.0816. The van der Waals surface area contributed by atoms with Crippen molar-refractivity contribution in [2.75, 3.05) is 13.2 Å². The third-order valence-corrected chi connectivity index (χ3v) is 2.26. The zero-order chi connectivity index (χ0) is 12.0. The van der Waals surface area contributed by atoms with Gasteiger partial charge in [0.25, 0.3) is 5.91 Å². The Kier molecular flexibility index (Phi) is 4.95. The number of hydrogen-bond donors (Lipinski definition) is 3. The molecule has 1 aromatic rings. The van der Waals surface area contributed by atoms with E-state index in [0.29, 0.717) is 18.5 Å². The van der Waals surface area contributed by atoms with E-state index in [-0.39, 0.29) is 18.6 Å². The average molecular weight is 222 g/mol. The minimum Gasteiger partial charge on any atom is -0.395 e. The minimum absolute atomic E-state index is 0.0502. The molecule has 0 aromatic heterocycles. The van der Waals surface area contributed by atoms with Gasteiger partial charge in [0.1, 0.15) is 0 Å². The Labute approximate surface area is 95.5 Å². The van der Waals surface area contributed by atoms with Gasteiger partial charge in [0.2, 0.25) is 0 Å². The molecule has 1 unspecified atom stereocenters. The van der Waals surface area contributed by atoms with Crippen LogP contribution in [0.1, 0.15) is 22.8 Å². The lowest BCUT2D eigenvalue weighted by molar-refractivity contribution is 0.0955. The maximum absolute atomic E-state index is 11.6. The highest BCUT2D eigenvalue weighted by Crippen LogP contribution is 2.07. The van der Waals surface area contributed by atoms with Crippen LogP contribution in [-0.4, -0.2) is 30.2 Å². The van der Waals surface area contributed by atoms with Gasteiger partial charge in [-0.3, -0.25) is 4.79 Å². The van der Waals surface area contributed by atoms with E-state index in [1.807, 2.05) is 19.1 Å². The third kappa shape index (κ3) is 3.64. The molecule has 0 aliphatic heterocycles. The summed E-state index contributed by atoms with van der Waals surface area (Å²) < 4.78 is 0. The summed E-state index contributed by atoms with van der Waals surface area (Å²) in [7, 11) is 0. The molecular weight excluding hydrogens is 204 g/mol. The van der Waals surface area contributed by atoms with Crippen molar-refractivity contribution in [3.8, 4) is 0 Å². The maximum atomic E-state index is 11.6. The van der Waals surface area contributed by atoms with Gasteiger partial charge in [0.15, 0.2) is 0 Å². The van der Waals surface area contributed by atoms with E-state index < -0.39 is 0 Å². The SMILES string of the molecule is CCNC(=O)c1cccc(CC(N)CO)c1. The van der Waals surface area contributed by atoms with E-state index in [4.69, 9.17) is 10.8 Å². The highest BCUT2D eigenvalue weighted by molar-refractivity contribution is 5.94. The second-order valence-electron chi connectivity index (χ2n) is 3.71. The second kappa shape index (κ2) is 6.25. The van der Waals surface area contributed by atoms with Crippen molar-refractivity contribution in [2.45, 2.75) is 19.4 Å². The number of aliphatic hydroxyl groups is 1. The predicted octanol–water partition coefficient (Wildman–Crippen LogP) is 0.298. The van der Waals surface area contributed by atoms with Gasteiger partial charge in [0, 0.05) is 18.2 Å². The molecule has 0 saturated carbocycles. The molecule has 0 aliphatic carbocycles. The van der Waals surface area contributed by atoms with Crippen LogP contribution in [0, 0.1) is 0 Å². The van der Waals surface area contributed by atoms with Crippen LogP contribution in [0.2, 0.25) is 0 Å². The molecule has 4 nitrogen and oxygen atoms in total. The van der Waals surface area contributed by atoms with Crippen molar-refractivity contribution in [3.63, 3.8) is 0 Å². The molecule has 1 amide bonds. The molecule has 0 heterocycles. The Bertz CT molecular complexity index is 353. The molecule has 0 radical (unpaired) electrons. The largest absolute Gasteiger partial charge is 0.395 e. The normalized spacial score (nSPS) is 12.2. The Morgan fingerprint density at radius 1 is 1.56 bits per heavy atom. The molecule has 0 saturated heterocycles. The van der Waals surface area contributed by atoms with Crippen molar-refractivity contribution >= 4 is 5.91 Å². The molecule has 0 aliphatic rings. The van der Waals surface area contributed by atoms with Crippen LogP contribution < -0.4 is 11.1 Å². The molecule has 16 heavy (non-hydrogen) atoms. The lowest BCUT2D eigenvalue weighted by Gasteiger charge is -2.09. The lowest BCUT2D eigenvalue weighted by atomic mass is 10.0. The van der Waals surface area contributed by atoms with Crippen LogP contribution >= 0.6 is 0 Å². The fourth-order valence-electron chi connectivity index (χ4n) is 1.47. The van der Waals surface area contributed by atoms with E-state index >= 15 is 0 Å². The number of aliphatic hydroxyl groups excluding tert-OH is 1. The summed E-state index contributed by atoms with van der Waals surface area (Å²) in [6, 6.07) is 7.02. The summed E-state index contributed by atoms with van der Waals surface area (Å²) in [5, 5.41) is 11.6. The minimum atomic E-state index is -0.274. The number of carbonyl (C=O) groups is 1. The first kappa shape index (κ1) is 12.7. The van der Waals surface area contributed by atoms with Crippen molar-refractivity contribution in [2.24, 2.45) is 5.73 Å². The van der Waals surface area contributed by atoms with Gasteiger partial charge >= 0.3 is 0 Å². The maximum Gasteiger partial charge on any atom is 0.251 e. The molecule has 1 atom stereocenters. The van der Waals surface area contributed by atoms with E-state index in [9.17, 15) is 4.79 Å². The number of carbonyl (C=O) groups excluding carboxylic acids is 1. The number of amides is 1. The van der Waals surface area contributed by atoms with Gasteiger partial charge in [-0.25, -0.2) is 0 Å². The van der Waals surface area contributed by atoms with E-state index in [1.54, 1.807) is 12.1 Å². The van der Waals surface area contributed by atoms with Crippen molar-refractivity contribution < 1.29 is 9.90 Å². The topological polar surface area (TPSA) is 75.4 Å². The number of nitrogens with one attached hydrogen (secondary N) is 1. The zero-order valence-corrected chi connectivity index (χ0v) is 9.44. The van der Waals surface area contributed by atoms with Crippen molar-refractivity contribution in [3.05, 3.63) is 35.4 Å².